The van der Waals surface area contributed by atoms with E-state index in [1.165, 1.54) is 18.2 Å². The van der Waals surface area contributed by atoms with Crippen molar-refractivity contribution in [3.05, 3.63) is 65.2 Å². The average Bonchev–Trinajstić information content (AvgIpc) is 2.38. The van der Waals surface area contributed by atoms with E-state index in [1.807, 2.05) is 36.2 Å². The van der Waals surface area contributed by atoms with E-state index >= 15 is 0 Å². The Labute approximate surface area is 130 Å². The summed E-state index contributed by atoms with van der Waals surface area (Å²) in [6.45, 7) is 2.35. The molecule has 2 aromatic carbocycles. The molecular weight excluding hydrogens is 294 g/mol. The molecule has 1 unspecified atom stereocenters. The summed E-state index contributed by atoms with van der Waals surface area (Å²) in [5.41, 5.74) is 7.52. The molecule has 0 bridgehead atoms. The van der Waals surface area contributed by atoms with Crippen LogP contribution in [0.3, 0.4) is 0 Å². The van der Waals surface area contributed by atoms with E-state index in [4.69, 9.17) is 5.73 Å². The third-order valence-electron chi connectivity index (χ3n) is 3.46. The minimum Gasteiger partial charge on any atom is -0.399 e. The Balaban J connectivity index is 0.00000220. The number of anilines is 1. The normalized spacial score (nSPS) is 12.0. The lowest BCUT2D eigenvalue weighted by Crippen LogP contribution is -2.23. The number of nitrogens with two attached hydrogens (primary N) is 1. The van der Waals surface area contributed by atoms with E-state index in [0.29, 0.717) is 12.2 Å². The van der Waals surface area contributed by atoms with Gasteiger partial charge < -0.3 is 5.73 Å². The molecule has 2 N–H and O–H groups in total. The molecule has 0 radical (unpaired) electrons. The van der Waals surface area contributed by atoms with Crippen LogP contribution in [0.1, 0.15) is 24.1 Å². The molecule has 0 aliphatic carbocycles. The first-order valence-corrected chi connectivity index (χ1v) is 6.47. The fourth-order valence-corrected chi connectivity index (χ4v) is 2.25. The van der Waals surface area contributed by atoms with Gasteiger partial charge in [-0.05, 0) is 43.8 Å². The Kier molecular flexibility index (Phi) is 6.12. The molecule has 5 heteroatoms. The molecule has 114 valence electrons. The molecule has 0 saturated heterocycles. The number of nitrogen functional groups attached to an aromatic ring is 1. The summed E-state index contributed by atoms with van der Waals surface area (Å²) in [5, 5.41) is 0. The van der Waals surface area contributed by atoms with Crippen LogP contribution >= 0.6 is 12.4 Å². The summed E-state index contributed by atoms with van der Waals surface area (Å²) in [4.78, 5) is 1.89. The quantitative estimate of drug-likeness (QED) is 0.859. The summed E-state index contributed by atoms with van der Waals surface area (Å²) < 4.78 is 27.6. The molecule has 0 amide bonds. The standard InChI is InChI=1S/C16H18F2N2.ClH/c1-11(16-14(17)7-4-8-15(16)18)20(2)10-12-5-3-6-13(19)9-12;/h3-9,11H,10,19H2,1-2H3;1H. The van der Waals surface area contributed by atoms with Crippen molar-refractivity contribution in [2.24, 2.45) is 0 Å². The lowest BCUT2D eigenvalue weighted by Gasteiger charge is -2.26. The Bertz CT molecular complexity index is 584. The minimum absolute atomic E-state index is 0. The van der Waals surface area contributed by atoms with Crippen LogP contribution in [0.2, 0.25) is 0 Å². The highest BCUT2D eigenvalue weighted by Crippen LogP contribution is 2.26. The summed E-state index contributed by atoms with van der Waals surface area (Å²) in [6.07, 6.45) is 0. The van der Waals surface area contributed by atoms with Crippen LogP contribution in [0, 0.1) is 11.6 Å². The molecule has 2 aromatic rings. The Morgan fingerprint density at radius 2 is 1.67 bits per heavy atom. The van der Waals surface area contributed by atoms with Gasteiger partial charge in [0, 0.05) is 23.8 Å². The van der Waals surface area contributed by atoms with E-state index in [-0.39, 0.29) is 24.0 Å². The molecule has 0 aliphatic rings. The molecule has 0 aliphatic heterocycles. The fourth-order valence-electron chi connectivity index (χ4n) is 2.25. The summed E-state index contributed by atoms with van der Waals surface area (Å²) in [7, 11) is 1.83. The van der Waals surface area contributed by atoms with Gasteiger partial charge in [0.25, 0.3) is 0 Å². The van der Waals surface area contributed by atoms with Gasteiger partial charge in [0.1, 0.15) is 11.6 Å². The highest BCUT2D eigenvalue weighted by atomic mass is 35.5. The second-order valence-electron chi connectivity index (χ2n) is 4.97. The zero-order valence-electron chi connectivity index (χ0n) is 12.0. The summed E-state index contributed by atoms with van der Waals surface area (Å²) >= 11 is 0. The molecule has 0 fully saturated rings. The van der Waals surface area contributed by atoms with Crippen LogP contribution in [0.25, 0.3) is 0 Å². The van der Waals surface area contributed by atoms with Crippen molar-refractivity contribution in [2.45, 2.75) is 19.5 Å². The van der Waals surface area contributed by atoms with Crippen molar-refractivity contribution in [2.75, 3.05) is 12.8 Å². The molecule has 2 rings (SSSR count). The maximum atomic E-state index is 13.8. The Morgan fingerprint density at radius 1 is 1.10 bits per heavy atom. The third-order valence-corrected chi connectivity index (χ3v) is 3.46. The van der Waals surface area contributed by atoms with Crippen molar-refractivity contribution < 1.29 is 8.78 Å². The number of benzene rings is 2. The average molecular weight is 313 g/mol. The van der Waals surface area contributed by atoms with Gasteiger partial charge in [-0.2, -0.15) is 0 Å². The van der Waals surface area contributed by atoms with Gasteiger partial charge in [-0.15, -0.1) is 12.4 Å². The Hall–Kier alpha value is -1.65. The van der Waals surface area contributed by atoms with Gasteiger partial charge >= 0.3 is 0 Å². The van der Waals surface area contributed by atoms with E-state index in [9.17, 15) is 8.78 Å². The maximum Gasteiger partial charge on any atom is 0.130 e. The largest absolute Gasteiger partial charge is 0.399 e. The molecule has 0 aromatic heterocycles. The molecular formula is C16H19ClF2N2. The predicted octanol–water partition coefficient (Wildman–Crippen LogP) is 4.16. The van der Waals surface area contributed by atoms with Gasteiger partial charge in [-0.3, -0.25) is 4.90 Å². The van der Waals surface area contributed by atoms with Crippen molar-refractivity contribution in [1.82, 2.24) is 4.90 Å². The van der Waals surface area contributed by atoms with Crippen LogP contribution < -0.4 is 5.73 Å². The lowest BCUT2D eigenvalue weighted by molar-refractivity contribution is 0.242. The first-order chi connectivity index (χ1) is 9.49. The maximum absolute atomic E-state index is 13.8. The highest BCUT2D eigenvalue weighted by molar-refractivity contribution is 5.85. The van der Waals surface area contributed by atoms with Crippen LogP contribution in [0.5, 0.6) is 0 Å². The van der Waals surface area contributed by atoms with Crippen molar-refractivity contribution >= 4 is 18.1 Å². The monoisotopic (exact) mass is 312 g/mol. The van der Waals surface area contributed by atoms with E-state index in [1.54, 1.807) is 6.92 Å². The van der Waals surface area contributed by atoms with Crippen molar-refractivity contribution in [3.63, 3.8) is 0 Å². The zero-order valence-corrected chi connectivity index (χ0v) is 12.8. The van der Waals surface area contributed by atoms with Gasteiger partial charge in [0.15, 0.2) is 0 Å². The SMILES string of the molecule is CC(c1c(F)cccc1F)N(C)Cc1cccc(N)c1.Cl. The van der Waals surface area contributed by atoms with Gasteiger partial charge in [-0.25, -0.2) is 8.78 Å². The molecule has 21 heavy (non-hydrogen) atoms. The smallest absolute Gasteiger partial charge is 0.130 e. The van der Waals surface area contributed by atoms with Gasteiger partial charge in [-0.1, -0.05) is 18.2 Å². The van der Waals surface area contributed by atoms with E-state index in [0.717, 1.165) is 5.56 Å². The van der Waals surface area contributed by atoms with Crippen LogP contribution in [0.4, 0.5) is 14.5 Å². The fraction of sp³-hybridized carbons (Fsp3) is 0.250. The van der Waals surface area contributed by atoms with Crippen LogP contribution in [0.15, 0.2) is 42.5 Å². The molecule has 0 saturated carbocycles. The first-order valence-electron chi connectivity index (χ1n) is 6.47. The molecule has 0 spiro atoms. The zero-order chi connectivity index (χ0) is 14.7. The van der Waals surface area contributed by atoms with E-state index < -0.39 is 11.6 Å². The van der Waals surface area contributed by atoms with E-state index in [2.05, 4.69) is 0 Å². The summed E-state index contributed by atoms with van der Waals surface area (Å²) in [6, 6.07) is 11.1. The second kappa shape index (κ2) is 7.38. The minimum atomic E-state index is -0.517. The van der Waals surface area contributed by atoms with Crippen LogP contribution in [-0.2, 0) is 6.54 Å². The molecule has 2 nitrogen and oxygen atoms in total. The number of hydrogen-bond donors (Lipinski definition) is 1. The van der Waals surface area contributed by atoms with Gasteiger partial charge in [0.2, 0.25) is 0 Å². The Morgan fingerprint density at radius 3 is 2.24 bits per heavy atom. The van der Waals surface area contributed by atoms with Gasteiger partial charge in [0.05, 0.1) is 0 Å². The predicted molar refractivity (Wildman–Crippen MR) is 84.3 cm³/mol. The third kappa shape index (κ3) is 4.16. The topological polar surface area (TPSA) is 29.3 Å². The molecule has 1 atom stereocenters. The molecule has 0 heterocycles. The van der Waals surface area contributed by atoms with Crippen molar-refractivity contribution in [3.8, 4) is 0 Å². The lowest BCUT2D eigenvalue weighted by atomic mass is 10.0. The number of nitrogens with zero attached hydrogens (tertiary/aromatic N) is 1. The highest BCUT2D eigenvalue weighted by Gasteiger charge is 2.19. The first kappa shape index (κ1) is 17.4. The van der Waals surface area contributed by atoms with Crippen LogP contribution in [-0.4, -0.2) is 11.9 Å². The summed E-state index contributed by atoms with van der Waals surface area (Å²) in [5.74, 6) is -1.03. The number of hydrogen-bond acceptors (Lipinski definition) is 2. The number of rotatable bonds is 4. The van der Waals surface area contributed by atoms with Crippen molar-refractivity contribution in [1.29, 1.82) is 0 Å². The number of halogens is 3. The second-order valence-corrected chi connectivity index (χ2v) is 4.97.